The molecule has 0 unspecified atom stereocenters. The van der Waals surface area contributed by atoms with Gasteiger partial charge in [0, 0.05) is 0 Å². The SMILES string of the molecule is CCCCCCCCCCCC[CH2][Pb][Cl]. The molecule has 0 aromatic heterocycles. The summed E-state index contributed by atoms with van der Waals surface area (Å²) in [4.78, 5) is 0. The van der Waals surface area contributed by atoms with Crippen LogP contribution in [0.3, 0.4) is 0 Å². The van der Waals surface area contributed by atoms with Crippen molar-refractivity contribution in [3.05, 3.63) is 0 Å². The maximum atomic E-state index is 5.82. The molecule has 0 saturated heterocycles. The van der Waals surface area contributed by atoms with Crippen LogP contribution in [0.5, 0.6) is 0 Å². The van der Waals surface area contributed by atoms with Gasteiger partial charge in [-0.15, -0.1) is 0 Å². The van der Waals surface area contributed by atoms with E-state index in [1.807, 2.05) is 0 Å². The van der Waals surface area contributed by atoms with E-state index in [0.717, 1.165) is 0 Å². The predicted molar refractivity (Wildman–Crippen MR) is 72.9 cm³/mol. The predicted octanol–water partition coefficient (Wildman–Crippen LogP) is 5.57. The first kappa shape index (κ1) is 16.2. The van der Waals surface area contributed by atoms with Gasteiger partial charge in [0.2, 0.25) is 0 Å². The van der Waals surface area contributed by atoms with Crippen molar-refractivity contribution in [1.82, 2.24) is 0 Å². The Balaban J connectivity index is 2.81. The Morgan fingerprint density at radius 1 is 0.667 bits per heavy atom. The molecule has 0 aliphatic carbocycles. The molecule has 0 aromatic rings. The molecule has 0 amide bonds. The number of hydrogen-bond donors (Lipinski definition) is 0. The van der Waals surface area contributed by atoms with Gasteiger partial charge in [-0.2, -0.15) is 0 Å². The van der Waals surface area contributed by atoms with Crippen LogP contribution in [0.1, 0.15) is 77.6 Å². The fourth-order valence-electron chi connectivity index (χ4n) is 1.86. The summed E-state index contributed by atoms with van der Waals surface area (Å²) in [7, 11) is 5.82. The molecule has 2 radical (unpaired) electrons. The van der Waals surface area contributed by atoms with Gasteiger partial charge in [0.25, 0.3) is 0 Å². The Morgan fingerprint density at radius 3 is 1.47 bits per heavy atom. The van der Waals surface area contributed by atoms with E-state index in [9.17, 15) is 0 Å². The Morgan fingerprint density at radius 2 is 1.07 bits per heavy atom. The van der Waals surface area contributed by atoms with Crippen molar-refractivity contribution in [2.75, 3.05) is 0 Å². The Bertz CT molecular complexity index is 94.7. The fraction of sp³-hybridized carbons (Fsp3) is 1.00. The minimum absolute atomic E-state index is 0.576. The maximum absolute atomic E-state index is 5.82. The van der Waals surface area contributed by atoms with Crippen LogP contribution >= 0.6 is 8.32 Å². The average Bonchev–Trinajstić information content (AvgIpc) is 2.26. The zero-order valence-electron chi connectivity index (χ0n) is 10.4. The molecule has 0 N–H and O–H groups in total. The quantitative estimate of drug-likeness (QED) is 0.283. The van der Waals surface area contributed by atoms with Gasteiger partial charge in [0.15, 0.2) is 0 Å². The molecule has 0 atom stereocenters. The average molecular weight is 426 g/mol. The van der Waals surface area contributed by atoms with E-state index < -0.39 is 23.0 Å². The summed E-state index contributed by atoms with van der Waals surface area (Å²) in [5, 5.41) is 0. The molecule has 0 heterocycles. The van der Waals surface area contributed by atoms with Crippen LogP contribution in [0.2, 0.25) is 3.98 Å². The minimum atomic E-state index is -0.576. The van der Waals surface area contributed by atoms with Crippen LogP contribution in [-0.2, 0) is 0 Å². The zero-order valence-corrected chi connectivity index (χ0v) is 15.0. The van der Waals surface area contributed by atoms with Gasteiger partial charge in [0.1, 0.15) is 0 Å². The van der Waals surface area contributed by atoms with E-state index >= 15 is 0 Å². The third-order valence-corrected chi connectivity index (χ3v) is 6.64. The van der Waals surface area contributed by atoms with E-state index in [1.165, 1.54) is 74.6 Å². The van der Waals surface area contributed by atoms with Gasteiger partial charge in [-0.3, -0.25) is 0 Å². The summed E-state index contributed by atoms with van der Waals surface area (Å²) in [5.74, 6) is 0. The van der Waals surface area contributed by atoms with Crippen LogP contribution in [0, 0.1) is 0 Å². The molecule has 0 fully saturated rings. The molecule has 0 aromatic carbocycles. The summed E-state index contributed by atoms with van der Waals surface area (Å²) in [6, 6.07) is 0. The van der Waals surface area contributed by atoms with Gasteiger partial charge in [0.05, 0.1) is 0 Å². The van der Waals surface area contributed by atoms with Crippen molar-refractivity contribution in [1.29, 1.82) is 0 Å². The molecule has 0 aliphatic rings. The van der Waals surface area contributed by atoms with E-state index in [1.54, 1.807) is 0 Å². The molecular weight excluding hydrogens is 399 g/mol. The molecular formula is C13H27ClPb. The molecule has 2 heteroatoms. The zero-order chi connectivity index (χ0) is 11.2. The molecule has 15 heavy (non-hydrogen) atoms. The summed E-state index contributed by atoms with van der Waals surface area (Å²) in [6.07, 6.45) is 15.9. The van der Waals surface area contributed by atoms with Gasteiger partial charge in [-0.1, -0.05) is 6.92 Å². The molecule has 0 bridgehead atoms. The van der Waals surface area contributed by atoms with Crippen molar-refractivity contribution in [3.8, 4) is 0 Å². The second-order valence-corrected chi connectivity index (χ2v) is 9.75. The monoisotopic (exact) mass is 426 g/mol. The van der Waals surface area contributed by atoms with E-state index in [-0.39, 0.29) is 0 Å². The van der Waals surface area contributed by atoms with Crippen LogP contribution < -0.4 is 0 Å². The molecule has 90 valence electrons. The van der Waals surface area contributed by atoms with E-state index in [2.05, 4.69) is 6.92 Å². The summed E-state index contributed by atoms with van der Waals surface area (Å²) >= 11 is -0.576. The van der Waals surface area contributed by atoms with Crippen LogP contribution in [0.4, 0.5) is 0 Å². The first-order chi connectivity index (χ1) is 7.41. The Labute approximate surface area is 112 Å². The van der Waals surface area contributed by atoms with Crippen molar-refractivity contribution >= 4 is 31.3 Å². The van der Waals surface area contributed by atoms with Gasteiger partial charge in [-0.05, 0) is 0 Å². The number of halogens is 1. The van der Waals surface area contributed by atoms with Crippen molar-refractivity contribution in [3.63, 3.8) is 0 Å². The summed E-state index contributed by atoms with van der Waals surface area (Å²) in [5.41, 5.74) is 0. The normalized spacial score (nSPS) is 10.8. The topological polar surface area (TPSA) is 0 Å². The second kappa shape index (κ2) is 15.2. The van der Waals surface area contributed by atoms with Gasteiger partial charge in [-0.25, -0.2) is 0 Å². The third-order valence-electron chi connectivity index (χ3n) is 2.87. The number of hydrogen-bond acceptors (Lipinski definition) is 0. The molecule has 0 nitrogen and oxygen atoms in total. The molecule has 0 spiro atoms. The van der Waals surface area contributed by atoms with Crippen LogP contribution in [0.25, 0.3) is 0 Å². The van der Waals surface area contributed by atoms with Crippen LogP contribution in [0.15, 0.2) is 0 Å². The van der Waals surface area contributed by atoms with Crippen molar-refractivity contribution in [2.45, 2.75) is 81.5 Å². The number of unbranched alkanes of at least 4 members (excludes halogenated alkanes) is 10. The fourth-order valence-corrected chi connectivity index (χ4v) is 4.52. The third kappa shape index (κ3) is 15.2. The number of rotatable bonds is 12. The Kier molecular flexibility index (Phi) is 16.4. The first-order valence-corrected chi connectivity index (χ1v) is 14.3. The van der Waals surface area contributed by atoms with Gasteiger partial charge < -0.3 is 0 Å². The standard InChI is InChI=1S/C13H27.ClH.Pb/c1-3-5-7-9-11-13-12-10-8-6-4-2;;/h1,3-13H2,2H3;1H;/q;;+1/p-1. The van der Waals surface area contributed by atoms with Gasteiger partial charge >= 0.3 is 106 Å². The summed E-state index contributed by atoms with van der Waals surface area (Å²) in [6.45, 7) is 2.28. The second-order valence-electron chi connectivity index (χ2n) is 4.42. The van der Waals surface area contributed by atoms with E-state index in [4.69, 9.17) is 8.32 Å². The molecule has 0 aliphatic heterocycles. The van der Waals surface area contributed by atoms with Crippen molar-refractivity contribution in [2.24, 2.45) is 0 Å². The molecule has 0 rings (SSSR count). The van der Waals surface area contributed by atoms with E-state index in [0.29, 0.717) is 0 Å². The Hall–Kier alpha value is 1.21. The van der Waals surface area contributed by atoms with Crippen molar-refractivity contribution < 1.29 is 0 Å². The molecule has 0 saturated carbocycles. The summed E-state index contributed by atoms with van der Waals surface area (Å²) < 4.78 is 1.40. The first-order valence-electron chi connectivity index (χ1n) is 6.75. The van der Waals surface area contributed by atoms with Crippen LogP contribution in [-0.4, -0.2) is 23.0 Å².